The van der Waals surface area contributed by atoms with E-state index >= 15 is 0 Å². The van der Waals surface area contributed by atoms with E-state index in [2.05, 4.69) is 8.67 Å². The van der Waals surface area contributed by atoms with Gasteiger partial charge in [0.2, 0.25) is 0 Å². The number of carboxylic acid groups (broad SMARTS) is 1. The Hall–Kier alpha value is -1.85. The Balaban J connectivity index is 2.38. The Morgan fingerprint density at radius 3 is 2.63 bits per heavy atom. The summed E-state index contributed by atoms with van der Waals surface area (Å²) in [5.41, 5.74) is 4.34. The molecule has 164 valence electrons. The summed E-state index contributed by atoms with van der Waals surface area (Å²) in [7, 11) is -4.97. The van der Waals surface area contributed by atoms with Crippen molar-refractivity contribution in [2.75, 3.05) is 5.73 Å². The first-order valence-electron chi connectivity index (χ1n) is 8.16. The van der Waals surface area contributed by atoms with Crippen LogP contribution in [0.3, 0.4) is 0 Å². The van der Waals surface area contributed by atoms with Gasteiger partial charge in [-0.25, -0.2) is 15.3 Å². The molecule has 0 bridgehead atoms. The molecule has 0 fully saturated rings. The van der Waals surface area contributed by atoms with Crippen molar-refractivity contribution in [1.82, 2.24) is 0 Å². The zero-order valence-electron chi connectivity index (χ0n) is 14.8. The van der Waals surface area contributed by atoms with Gasteiger partial charge in [-0.1, -0.05) is 0 Å². The Morgan fingerprint density at radius 1 is 1.37 bits per heavy atom. The number of fused-ring (bicyclic) bond motifs is 3. The largest absolute Gasteiger partial charge is 0.481 e. The van der Waals surface area contributed by atoms with Gasteiger partial charge in [-0.2, -0.15) is 17.1 Å². The van der Waals surface area contributed by atoms with Gasteiger partial charge in [0.1, 0.15) is 0 Å². The summed E-state index contributed by atoms with van der Waals surface area (Å²) in [5, 5.41) is 26.0. The zero-order chi connectivity index (χ0) is 22.2. The third-order valence-corrected chi connectivity index (χ3v) is 7.09. The molecular weight excluding hydrogens is 466 g/mol. The van der Waals surface area contributed by atoms with Crippen LogP contribution in [0.4, 0.5) is 5.69 Å². The van der Waals surface area contributed by atoms with E-state index in [0.29, 0.717) is 24.1 Å². The summed E-state index contributed by atoms with van der Waals surface area (Å²) in [5.74, 6) is -1.83. The molecule has 1 aliphatic carbocycles. The SMILES string of the molecule is Nc1c(SOO)cc2c3c(c(=O)oc2c1S(=O)(=O)O)CCC3C(CC(=O)O)SOO. The molecule has 0 saturated heterocycles. The number of aliphatic carboxylic acids is 1. The van der Waals surface area contributed by atoms with Crippen molar-refractivity contribution in [2.45, 2.75) is 40.2 Å². The Morgan fingerprint density at radius 2 is 2.07 bits per heavy atom. The minimum absolute atomic E-state index is 0.0578. The van der Waals surface area contributed by atoms with Crippen LogP contribution < -0.4 is 11.4 Å². The van der Waals surface area contributed by atoms with Gasteiger partial charge in [0.25, 0.3) is 10.1 Å². The number of hydrogen-bond acceptors (Lipinski definition) is 12. The lowest BCUT2D eigenvalue weighted by atomic mass is 9.93. The lowest BCUT2D eigenvalue weighted by Crippen LogP contribution is -2.19. The molecule has 0 saturated carbocycles. The van der Waals surface area contributed by atoms with Crippen molar-refractivity contribution in [3.63, 3.8) is 0 Å². The molecule has 12 nitrogen and oxygen atoms in total. The number of carboxylic acids is 1. The average Bonchev–Trinajstić information content (AvgIpc) is 3.07. The zero-order valence-corrected chi connectivity index (χ0v) is 17.3. The van der Waals surface area contributed by atoms with Crippen LogP contribution >= 0.6 is 24.1 Å². The van der Waals surface area contributed by atoms with Crippen LogP contribution in [-0.4, -0.2) is 39.8 Å². The molecule has 2 unspecified atom stereocenters. The maximum Gasteiger partial charge on any atom is 0.339 e. The van der Waals surface area contributed by atoms with Crippen LogP contribution in [0.25, 0.3) is 11.0 Å². The van der Waals surface area contributed by atoms with Gasteiger partial charge in [0, 0.05) is 28.9 Å². The second-order valence-corrected chi connectivity index (χ2v) is 9.42. The summed E-state index contributed by atoms with van der Waals surface area (Å²) < 4.78 is 46.8. The molecule has 0 spiro atoms. The smallest absolute Gasteiger partial charge is 0.339 e. The Kier molecular flexibility index (Phi) is 6.63. The summed E-state index contributed by atoms with van der Waals surface area (Å²) in [6, 6.07) is 1.29. The molecule has 30 heavy (non-hydrogen) atoms. The third kappa shape index (κ3) is 4.15. The maximum atomic E-state index is 12.5. The number of benzene rings is 1. The summed E-state index contributed by atoms with van der Waals surface area (Å²) in [6.07, 6.45) is 0.0571. The predicted molar refractivity (Wildman–Crippen MR) is 105 cm³/mol. The predicted octanol–water partition coefficient (Wildman–Crippen LogP) is 2.13. The molecule has 0 aliphatic heterocycles. The van der Waals surface area contributed by atoms with Crippen LogP contribution in [0.1, 0.15) is 29.9 Å². The molecular formula is C15H15NO11S3. The van der Waals surface area contributed by atoms with Crippen LogP contribution in [0, 0.1) is 0 Å². The quantitative estimate of drug-likeness (QED) is 0.0914. The number of nitrogens with two attached hydrogens (primary N) is 1. The first-order valence-corrected chi connectivity index (χ1v) is 11.1. The molecule has 0 amide bonds. The number of carbonyl (C=O) groups is 1. The molecule has 1 aliphatic rings. The Bertz CT molecular complexity index is 1160. The van der Waals surface area contributed by atoms with Crippen molar-refractivity contribution >= 4 is 56.8 Å². The first kappa shape index (κ1) is 22.8. The fraction of sp³-hybridized carbons (Fsp3) is 0.333. The second kappa shape index (κ2) is 8.72. The third-order valence-electron chi connectivity index (χ3n) is 4.75. The molecule has 0 radical (unpaired) electrons. The highest BCUT2D eigenvalue weighted by Crippen LogP contribution is 2.46. The highest BCUT2D eigenvalue weighted by Gasteiger charge is 2.38. The highest BCUT2D eigenvalue weighted by molar-refractivity contribution is 7.95. The molecule has 1 heterocycles. The fourth-order valence-electron chi connectivity index (χ4n) is 3.67. The number of hydrogen-bond donors (Lipinski definition) is 5. The Labute approximate surface area is 177 Å². The number of rotatable bonds is 8. The standard InChI is InChI=1S/C15H15NO11S3/c16-12-9(29-27-21)3-7-11-5(8(28-26-20)4-10(17)18)1-2-6(11)15(19)25-13(7)14(12)30(22,23)24/h3,5,8,20-21H,1-2,4,16H2,(H,17,18)(H,22,23,24). The average molecular weight is 481 g/mol. The first-order chi connectivity index (χ1) is 14.1. The minimum atomic E-state index is -4.97. The maximum absolute atomic E-state index is 12.5. The van der Waals surface area contributed by atoms with E-state index in [9.17, 15) is 27.7 Å². The van der Waals surface area contributed by atoms with Crippen molar-refractivity contribution in [3.05, 3.63) is 27.6 Å². The van der Waals surface area contributed by atoms with Gasteiger partial charge in [0.05, 0.1) is 34.3 Å². The molecule has 15 heteroatoms. The van der Waals surface area contributed by atoms with Gasteiger partial charge in [-0.15, -0.1) is 0 Å². The van der Waals surface area contributed by atoms with Crippen LogP contribution in [0.5, 0.6) is 0 Å². The van der Waals surface area contributed by atoms with Gasteiger partial charge in [-0.3, -0.25) is 9.35 Å². The lowest BCUT2D eigenvalue weighted by molar-refractivity contribution is -0.137. The number of nitrogen functional groups attached to an aromatic ring is 1. The molecule has 2 aromatic rings. The van der Waals surface area contributed by atoms with E-state index in [1.165, 1.54) is 6.07 Å². The van der Waals surface area contributed by atoms with Crippen LogP contribution in [0.2, 0.25) is 0 Å². The summed E-state index contributed by atoms with van der Waals surface area (Å²) in [6.45, 7) is 0. The second-order valence-electron chi connectivity index (χ2n) is 6.36. The molecule has 1 aromatic carbocycles. The van der Waals surface area contributed by atoms with Gasteiger partial charge in [0.15, 0.2) is 10.5 Å². The molecule has 2 atom stereocenters. The van der Waals surface area contributed by atoms with Crippen molar-refractivity contribution in [2.24, 2.45) is 0 Å². The fourth-order valence-corrected chi connectivity index (χ4v) is 5.68. The van der Waals surface area contributed by atoms with Crippen molar-refractivity contribution < 1.29 is 46.5 Å². The van der Waals surface area contributed by atoms with Crippen molar-refractivity contribution in [3.8, 4) is 0 Å². The van der Waals surface area contributed by atoms with E-state index in [4.69, 9.17) is 20.7 Å². The minimum Gasteiger partial charge on any atom is -0.481 e. The van der Waals surface area contributed by atoms with E-state index in [0.717, 1.165) is 0 Å². The van der Waals surface area contributed by atoms with Gasteiger partial charge in [-0.05, 0) is 24.5 Å². The topological polar surface area (TPSA) is 207 Å². The van der Waals surface area contributed by atoms with Gasteiger partial charge < -0.3 is 15.3 Å². The van der Waals surface area contributed by atoms with Crippen LogP contribution in [0.15, 0.2) is 25.1 Å². The molecule has 3 rings (SSSR count). The summed E-state index contributed by atoms with van der Waals surface area (Å²) in [4.78, 5) is 22.8. The normalized spacial score (nSPS) is 17.2. The number of anilines is 1. The van der Waals surface area contributed by atoms with E-state index < -0.39 is 55.5 Å². The molecule has 6 N–H and O–H groups in total. The monoisotopic (exact) mass is 481 g/mol. The van der Waals surface area contributed by atoms with Crippen LogP contribution in [-0.2, 0) is 30.0 Å². The highest BCUT2D eigenvalue weighted by atomic mass is 32.2. The van der Waals surface area contributed by atoms with Gasteiger partial charge >= 0.3 is 11.6 Å². The van der Waals surface area contributed by atoms with E-state index in [-0.39, 0.29) is 34.3 Å². The van der Waals surface area contributed by atoms with Crippen molar-refractivity contribution in [1.29, 1.82) is 0 Å². The summed E-state index contributed by atoms with van der Waals surface area (Å²) >= 11 is 0.786. The molecule has 1 aromatic heterocycles. The lowest BCUT2D eigenvalue weighted by Gasteiger charge is -2.22. The van der Waals surface area contributed by atoms with E-state index in [1.807, 2.05) is 0 Å². The van der Waals surface area contributed by atoms with E-state index in [1.54, 1.807) is 0 Å².